The van der Waals surface area contributed by atoms with Gasteiger partial charge in [-0.05, 0) is 38.8 Å². The third kappa shape index (κ3) is 3.91. The predicted octanol–water partition coefficient (Wildman–Crippen LogP) is 1.93. The standard InChI is InChI=1S/C14H24N4S/c1-17(8-9-18-6-2-3-7-18)14-16-11-13(19-14)10-15-12-4-5-12/h11-12,15H,2-10H2,1H3. The maximum atomic E-state index is 4.55. The summed E-state index contributed by atoms with van der Waals surface area (Å²) < 4.78 is 0. The number of anilines is 1. The van der Waals surface area contributed by atoms with E-state index in [1.807, 2.05) is 17.5 Å². The molecule has 0 radical (unpaired) electrons. The first kappa shape index (κ1) is 13.3. The molecule has 0 aromatic carbocycles. The van der Waals surface area contributed by atoms with E-state index in [0.29, 0.717) is 0 Å². The molecule has 5 heteroatoms. The molecule has 1 aromatic rings. The highest BCUT2D eigenvalue weighted by molar-refractivity contribution is 7.15. The fourth-order valence-corrected chi connectivity index (χ4v) is 3.33. The van der Waals surface area contributed by atoms with Gasteiger partial charge in [0.2, 0.25) is 0 Å². The molecule has 1 aliphatic carbocycles. The molecule has 1 N–H and O–H groups in total. The van der Waals surface area contributed by atoms with Gasteiger partial charge in [-0.3, -0.25) is 0 Å². The zero-order valence-electron chi connectivity index (χ0n) is 11.8. The number of thiazole rings is 1. The number of rotatable bonds is 7. The van der Waals surface area contributed by atoms with E-state index < -0.39 is 0 Å². The van der Waals surface area contributed by atoms with Crippen LogP contribution in [0.25, 0.3) is 0 Å². The fraction of sp³-hybridized carbons (Fsp3) is 0.786. The summed E-state index contributed by atoms with van der Waals surface area (Å²) in [5, 5.41) is 4.70. The summed E-state index contributed by atoms with van der Waals surface area (Å²) in [5.41, 5.74) is 0. The van der Waals surface area contributed by atoms with E-state index in [1.165, 1.54) is 50.2 Å². The summed E-state index contributed by atoms with van der Waals surface area (Å²) in [5.74, 6) is 0. The van der Waals surface area contributed by atoms with Crippen molar-refractivity contribution in [2.75, 3.05) is 38.1 Å². The Labute approximate surface area is 119 Å². The third-order valence-electron chi connectivity index (χ3n) is 3.96. The molecule has 106 valence electrons. The molecule has 0 unspecified atom stereocenters. The summed E-state index contributed by atoms with van der Waals surface area (Å²) in [4.78, 5) is 10.8. The molecule has 1 aliphatic heterocycles. The van der Waals surface area contributed by atoms with Crippen LogP contribution in [-0.4, -0.2) is 49.2 Å². The molecule has 0 bridgehead atoms. The summed E-state index contributed by atoms with van der Waals surface area (Å²) in [6.07, 6.45) is 7.47. The van der Waals surface area contributed by atoms with Crippen LogP contribution in [0.2, 0.25) is 0 Å². The van der Waals surface area contributed by atoms with Crippen molar-refractivity contribution in [2.45, 2.75) is 38.3 Å². The Kier molecular flexibility index (Phi) is 4.35. The number of likely N-dealkylation sites (tertiary alicyclic amines) is 1. The van der Waals surface area contributed by atoms with E-state index in [1.54, 1.807) is 0 Å². The number of likely N-dealkylation sites (N-methyl/N-ethyl adjacent to an activating group) is 1. The van der Waals surface area contributed by atoms with Gasteiger partial charge < -0.3 is 15.1 Å². The first-order chi connectivity index (χ1) is 9.31. The van der Waals surface area contributed by atoms with Crippen LogP contribution in [0.15, 0.2) is 6.20 Å². The van der Waals surface area contributed by atoms with E-state index in [4.69, 9.17) is 0 Å². The second-order valence-electron chi connectivity index (χ2n) is 5.73. The Balaban J connectivity index is 1.43. The maximum Gasteiger partial charge on any atom is 0.185 e. The molecule has 1 saturated heterocycles. The first-order valence-corrected chi connectivity index (χ1v) is 8.24. The molecule has 4 nitrogen and oxygen atoms in total. The number of aromatic nitrogens is 1. The lowest BCUT2D eigenvalue weighted by Crippen LogP contribution is -2.31. The third-order valence-corrected chi connectivity index (χ3v) is 5.07. The van der Waals surface area contributed by atoms with Gasteiger partial charge >= 0.3 is 0 Å². The van der Waals surface area contributed by atoms with E-state index in [2.05, 4.69) is 27.1 Å². The van der Waals surface area contributed by atoms with Crippen molar-refractivity contribution in [2.24, 2.45) is 0 Å². The van der Waals surface area contributed by atoms with Crippen LogP contribution in [-0.2, 0) is 6.54 Å². The summed E-state index contributed by atoms with van der Waals surface area (Å²) >= 11 is 1.83. The van der Waals surface area contributed by atoms with Crippen molar-refractivity contribution in [3.63, 3.8) is 0 Å². The van der Waals surface area contributed by atoms with Crippen LogP contribution in [0, 0.1) is 0 Å². The minimum atomic E-state index is 0.776. The van der Waals surface area contributed by atoms with Crippen molar-refractivity contribution < 1.29 is 0 Å². The molecule has 2 aliphatic rings. The second-order valence-corrected chi connectivity index (χ2v) is 6.83. The van der Waals surface area contributed by atoms with Gasteiger partial charge in [0.25, 0.3) is 0 Å². The van der Waals surface area contributed by atoms with Gasteiger partial charge in [0.1, 0.15) is 0 Å². The molecular formula is C14H24N4S. The maximum absolute atomic E-state index is 4.55. The quantitative estimate of drug-likeness (QED) is 0.827. The second kappa shape index (κ2) is 6.20. The summed E-state index contributed by atoms with van der Waals surface area (Å²) in [6, 6.07) is 0.776. The Hall–Kier alpha value is -0.650. The van der Waals surface area contributed by atoms with Gasteiger partial charge in [-0.15, -0.1) is 11.3 Å². The lowest BCUT2D eigenvalue weighted by atomic mass is 10.4. The highest BCUT2D eigenvalue weighted by atomic mass is 32.1. The van der Waals surface area contributed by atoms with Gasteiger partial charge in [0, 0.05) is 43.8 Å². The van der Waals surface area contributed by atoms with Crippen LogP contribution in [0.5, 0.6) is 0 Å². The highest BCUT2D eigenvalue weighted by Gasteiger charge is 2.20. The molecule has 19 heavy (non-hydrogen) atoms. The van der Waals surface area contributed by atoms with Gasteiger partial charge in [-0.2, -0.15) is 0 Å². The molecule has 0 atom stereocenters. The number of nitrogens with one attached hydrogen (secondary N) is 1. The summed E-state index contributed by atoms with van der Waals surface area (Å²) in [6.45, 7) is 5.81. The Bertz CT molecular complexity index is 396. The Morgan fingerprint density at radius 1 is 1.42 bits per heavy atom. The summed E-state index contributed by atoms with van der Waals surface area (Å²) in [7, 11) is 2.16. The van der Waals surface area contributed by atoms with Gasteiger partial charge in [0.15, 0.2) is 5.13 Å². The van der Waals surface area contributed by atoms with Crippen molar-refractivity contribution >= 4 is 16.5 Å². The van der Waals surface area contributed by atoms with E-state index >= 15 is 0 Å². The van der Waals surface area contributed by atoms with Gasteiger partial charge in [0.05, 0.1) is 0 Å². The normalized spacial score (nSPS) is 20.1. The molecular weight excluding hydrogens is 256 g/mol. The average molecular weight is 280 g/mol. The first-order valence-electron chi connectivity index (χ1n) is 7.43. The minimum absolute atomic E-state index is 0.776. The SMILES string of the molecule is CN(CCN1CCCC1)c1ncc(CNC2CC2)s1. The van der Waals surface area contributed by atoms with E-state index in [0.717, 1.165) is 24.3 Å². The number of hydrogen-bond donors (Lipinski definition) is 1. The Morgan fingerprint density at radius 2 is 2.21 bits per heavy atom. The minimum Gasteiger partial charge on any atom is -0.350 e. The average Bonchev–Trinajstić information content (AvgIpc) is 2.94. The van der Waals surface area contributed by atoms with Crippen LogP contribution in [0.3, 0.4) is 0 Å². The topological polar surface area (TPSA) is 31.4 Å². The van der Waals surface area contributed by atoms with Crippen molar-refractivity contribution in [1.29, 1.82) is 0 Å². The molecule has 1 aromatic heterocycles. The van der Waals surface area contributed by atoms with Crippen LogP contribution in [0.1, 0.15) is 30.6 Å². The lowest BCUT2D eigenvalue weighted by Gasteiger charge is -2.20. The van der Waals surface area contributed by atoms with Crippen LogP contribution >= 0.6 is 11.3 Å². The monoisotopic (exact) mass is 280 g/mol. The molecule has 3 rings (SSSR count). The number of hydrogen-bond acceptors (Lipinski definition) is 5. The van der Waals surface area contributed by atoms with Crippen molar-refractivity contribution in [1.82, 2.24) is 15.2 Å². The highest BCUT2D eigenvalue weighted by Crippen LogP contribution is 2.24. The fourth-order valence-electron chi connectivity index (χ4n) is 2.48. The zero-order chi connectivity index (χ0) is 13.1. The molecule has 0 amide bonds. The van der Waals surface area contributed by atoms with E-state index in [-0.39, 0.29) is 0 Å². The zero-order valence-corrected chi connectivity index (χ0v) is 12.6. The molecule has 1 saturated carbocycles. The van der Waals surface area contributed by atoms with Crippen molar-refractivity contribution in [3.8, 4) is 0 Å². The van der Waals surface area contributed by atoms with Gasteiger partial charge in [-0.25, -0.2) is 4.98 Å². The Morgan fingerprint density at radius 3 is 2.95 bits per heavy atom. The van der Waals surface area contributed by atoms with Gasteiger partial charge in [-0.1, -0.05) is 0 Å². The predicted molar refractivity (Wildman–Crippen MR) is 80.9 cm³/mol. The largest absolute Gasteiger partial charge is 0.350 e. The molecule has 2 fully saturated rings. The van der Waals surface area contributed by atoms with Crippen molar-refractivity contribution in [3.05, 3.63) is 11.1 Å². The smallest absolute Gasteiger partial charge is 0.185 e. The lowest BCUT2D eigenvalue weighted by molar-refractivity contribution is 0.346. The molecule has 0 spiro atoms. The van der Waals surface area contributed by atoms with Crippen LogP contribution in [0.4, 0.5) is 5.13 Å². The molecule has 2 heterocycles. The number of nitrogens with zero attached hydrogens (tertiary/aromatic N) is 3. The van der Waals surface area contributed by atoms with Crippen LogP contribution < -0.4 is 10.2 Å². The van der Waals surface area contributed by atoms with E-state index in [9.17, 15) is 0 Å².